The summed E-state index contributed by atoms with van der Waals surface area (Å²) in [6.45, 7) is 6.37. The van der Waals surface area contributed by atoms with Crippen molar-refractivity contribution >= 4 is 5.91 Å². The lowest BCUT2D eigenvalue weighted by Gasteiger charge is -2.31. The lowest BCUT2D eigenvalue weighted by Crippen LogP contribution is -2.43. The molecular formula is C15H29N3O. The molecule has 3 atom stereocenters. The third-order valence-corrected chi connectivity index (χ3v) is 4.80. The van der Waals surface area contributed by atoms with Gasteiger partial charge in [-0.2, -0.15) is 0 Å². The molecule has 0 aromatic carbocycles. The van der Waals surface area contributed by atoms with Crippen molar-refractivity contribution in [3.05, 3.63) is 0 Å². The minimum Gasteiger partial charge on any atom is -0.355 e. The van der Waals surface area contributed by atoms with Crippen LogP contribution in [0.4, 0.5) is 0 Å². The summed E-state index contributed by atoms with van der Waals surface area (Å²) in [5.74, 6) is 0.935. The third-order valence-electron chi connectivity index (χ3n) is 4.80. The van der Waals surface area contributed by atoms with Gasteiger partial charge in [-0.3, -0.25) is 4.79 Å². The van der Waals surface area contributed by atoms with Crippen molar-refractivity contribution in [2.75, 3.05) is 26.2 Å². The number of nitrogens with two attached hydrogens (primary N) is 1. The Bertz CT molecular complexity index is 289. The van der Waals surface area contributed by atoms with Crippen LogP contribution >= 0.6 is 0 Å². The maximum absolute atomic E-state index is 12.1. The normalized spacial score (nSPS) is 33.1. The lowest BCUT2D eigenvalue weighted by molar-refractivity contribution is -0.126. The molecule has 4 nitrogen and oxygen atoms in total. The fourth-order valence-electron chi connectivity index (χ4n) is 3.26. The van der Waals surface area contributed by atoms with Crippen molar-refractivity contribution in [2.45, 2.75) is 51.5 Å². The number of hydrogen-bond acceptors (Lipinski definition) is 3. The van der Waals surface area contributed by atoms with Crippen LogP contribution in [0.15, 0.2) is 0 Å². The standard InChI is InChI=1S/C15H29N3O/c1-12-5-6-13(11-14(12)16)15(19)17-7-10-18-8-3-2-4-9-18/h12-14H,2-11,16H2,1H3,(H,17,19). The van der Waals surface area contributed by atoms with E-state index in [9.17, 15) is 4.79 Å². The molecule has 1 amide bonds. The van der Waals surface area contributed by atoms with E-state index >= 15 is 0 Å². The smallest absolute Gasteiger partial charge is 0.223 e. The predicted molar refractivity (Wildman–Crippen MR) is 77.8 cm³/mol. The van der Waals surface area contributed by atoms with Crippen molar-refractivity contribution in [2.24, 2.45) is 17.6 Å². The number of amides is 1. The number of piperidine rings is 1. The minimum absolute atomic E-state index is 0.146. The van der Waals surface area contributed by atoms with Crippen LogP contribution in [-0.4, -0.2) is 43.0 Å². The van der Waals surface area contributed by atoms with Crippen LogP contribution in [0, 0.1) is 11.8 Å². The van der Waals surface area contributed by atoms with E-state index in [1.807, 2.05) is 0 Å². The Morgan fingerprint density at radius 2 is 2.00 bits per heavy atom. The number of nitrogens with zero attached hydrogens (tertiary/aromatic N) is 1. The second-order valence-corrected chi connectivity index (χ2v) is 6.34. The van der Waals surface area contributed by atoms with E-state index in [1.54, 1.807) is 0 Å². The Labute approximate surface area is 117 Å². The van der Waals surface area contributed by atoms with Crippen molar-refractivity contribution in [3.63, 3.8) is 0 Å². The van der Waals surface area contributed by atoms with E-state index in [0.717, 1.165) is 32.4 Å². The quantitative estimate of drug-likeness (QED) is 0.808. The molecule has 110 valence electrons. The highest BCUT2D eigenvalue weighted by molar-refractivity contribution is 5.78. The Kier molecular flexibility index (Phi) is 5.64. The molecule has 0 radical (unpaired) electrons. The SMILES string of the molecule is CC1CCC(C(=O)NCCN2CCCCC2)CC1N. The largest absolute Gasteiger partial charge is 0.355 e. The summed E-state index contributed by atoms with van der Waals surface area (Å²) in [6.07, 6.45) is 6.93. The van der Waals surface area contributed by atoms with Gasteiger partial charge >= 0.3 is 0 Å². The molecular weight excluding hydrogens is 238 g/mol. The summed E-state index contributed by atoms with van der Waals surface area (Å²) in [4.78, 5) is 14.6. The molecule has 19 heavy (non-hydrogen) atoms. The molecule has 2 fully saturated rings. The molecule has 1 saturated heterocycles. The van der Waals surface area contributed by atoms with Gasteiger partial charge in [-0.15, -0.1) is 0 Å². The van der Waals surface area contributed by atoms with Crippen LogP contribution in [0.2, 0.25) is 0 Å². The first kappa shape index (κ1) is 14.8. The maximum atomic E-state index is 12.1. The highest BCUT2D eigenvalue weighted by atomic mass is 16.1. The number of hydrogen-bond donors (Lipinski definition) is 2. The second kappa shape index (κ2) is 7.25. The molecule has 2 aliphatic rings. The van der Waals surface area contributed by atoms with E-state index in [1.165, 1.54) is 32.4 Å². The van der Waals surface area contributed by atoms with Gasteiger partial charge in [0, 0.05) is 25.0 Å². The lowest BCUT2D eigenvalue weighted by atomic mass is 9.79. The van der Waals surface area contributed by atoms with E-state index in [0.29, 0.717) is 5.92 Å². The van der Waals surface area contributed by atoms with Gasteiger partial charge in [0.2, 0.25) is 5.91 Å². The molecule has 4 heteroatoms. The molecule has 0 bridgehead atoms. The maximum Gasteiger partial charge on any atom is 0.223 e. The average Bonchev–Trinajstić information content (AvgIpc) is 2.43. The van der Waals surface area contributed by atoms with Gasteiger partial charge in [0.05, 0.1) is 0 Å². The fourth-order valence-corrected chi connectivity index (χ4v) is 3.26. The van der Waals surface area contributed by atoms with Crippen LogP contribution in [-0.2, 0) is 4.79 Å². The molecule has 2 rings (SSSR count). The highest BCUT2D eigenvalue weighted by Crippen LogP contribution is 2.27. The van der Waals surface area contributed by atoms with E-state index in [2.05, 4.69) is 17.1 Å². The van der Waals surface area contributed by atoms with E-state index in [-0.39, 0.29) is 17.9 Å². The Morgan fingerprint density at radius 1 is 1.26 bits per heavy atom. The number of nitrogens with one attached hydrogen (secondary N) is 1. The second-order valence-electron chi connectivity index (χ2n) is 6.34. The molecule has 0 spiro atoms. The number of likely N-dealkylation sites (tertiary alicyclic amines) is 1. The number of rotatable bonds is 4. The topological polar surface area (TPSA) is 58.4 Å². The summed E-state index contributed by atoms with van der Waals surface area (Å²) in [6, 6.07) is 0.201. The van der Waals surface area contributed by atoms with E-state index < -0.39 is 0 Å². The minimum atomic E-state index is 0.146. The first-order chi connectivity index (χ1) is 9.16. The third kappa shape index (κ3) is 4.46. The monoisotopic (exact) mass is 267 g/mol. The van der Waals surface area contributed by atoms with E-state index in [4.69, 9.17) is 5.73 Å². The number of carbonyl (C=O) groups is 1. The summed E-state index contributed by atoms with van der Waals surface area (Å²) < 4.78 is 0. The zero-order chi connectivity index (χ0) is 13.7. The molecule has 3 unspecified atom stereocenters. The zero-order valence-electron chi connectivity index (χ0n) is 12.2. The molecule has 0 aromatic heterocycles. The Morgan fingerprint density at radius 3 is 2.68 bits per heavy atom. The van der Waals surface area contributed by atoms with Gasteiger partial charge in [0.1, 0.15) is 0 Å². The van der Waals surface area contributed by atoms with Crippen LogP contribution in [0.5, 0.6) is 0 Å². The average molecular weight is 267 g/mol. The van der Waals surface area contributed by atoms with Crippen LogP contribution in [0.25, 0.3) is 0 Å². The summed E-state index contributed by atoms with van der Waals surface area (Å²) in [7, 11) is 0. The number of carbonyl (C=O) groups excluding carboxylic acids is 1. The fraction of sp³-hybridized carbons (Fsp3) is 0.933. The molecule has 0 aromatic rings. The van der Waals surface area contributed by atoms with Crippen molar-refractivity contribution in [3.8, 4) is 0 Å². The summed E-state index contributed by atoms with van der Waals surface area (Å²) >= 11 is 0. The summed E-state index contributed by atoms with van der Waals surface area (Å²) in [5.41, 5.74) is 6.06. The van der Waals surface area contributed by atoms with Crippen molar-refractivity contribution in [1.82, 2.24) is 10.2 Å². The van der Waals surface area contributed by atoms with Crippen LogP contribution in [0.3, 0.4) is 0 Å². The molecule has 3 N–H and O–H groups in total. The van der Waals surface area contributed by atoms with Gasteiger partial charge in [-0.05, 0) is 51.1 Å². The van der Waals surface area contributed by atoms with Gasteiger partial charge in [0.25, 0.3) is 0 Å². The van der Waals surface area contributed by atoms with Crippen molar-refractivity contribution in [1.29, 1.82) is 0 Å². The predicted octanol–water partition coefficient (Wildman–Crippen LogP) is 1.35. The van der Waals surface area contributed by atoms with Gasteiger partial charge in [-0.1, -0.05) is 13.3 Å². The first-order valence-corrected chi connectivity index (χ1v) is 7.92. The van der Waals surface area contributed by atoms with Crippen LogP contribution < -0.4 is 11.1 Å². The first-order valence-electron chi connectivity index (χ1n) is 7.92. The molecule has 1 aliphatic heterocycles. The van der Waals surface area contributed by atoms with Gasteiger partial charge in [0.15, 0.2) is 0 Å². The van der Waals surface area contributed by atoms with Gasteiger partial charge in [-0.25, -0.2) is 0 Å². The highest BCUT2D eigenvalue weighted by Gasteiger charge is 2.29. The molecule has 1 aliphatic carbocycles. The molecule has 1 saturated carbocycles. The van der Waals surface area contributed by atoms with Crippen LogP contribution in [0.1, 0.15) is 45.4 Å². The van der Waals surface area contributed by atoms with Gasteiger partial charge < -0.3 is 16.0 Å². The van der Waals surface area contributed by atoms with Crippen molar-refractivity contribution < 1.29 is 4.79 Å². The summed E-state index contributed by atoms with van der Waals surface area (Å²) in [5, 5.41) is 3.10. The Balaban J connectivity index is 1.63. The zero-order valence-corrected chi connectivity index (χ0v) is 12.2. The Hall–Kier alpha value is -0.610. The molecule has 1 heterocycles.